The molecule has 1 saturated carbocycles. The summed E-state index contributed by atoms with van der Waals surface area (Å²) in [7, 11) is 0. The van der Waals surface area contributed by atoms with E-state index in [9.17, 15) is 31.1 Å². The van der Waals surface area contributed by atoms with E-state index in [4.69, 9.17) is 4.74 Å². The summed E-state index contributed by atoms with van der Waals surface area (Å²) in [5.74, 6) is 0.108. The Balaban J connectivity index is 1.48. The maximum Gasteiger partial charge on any atom is 0.433 e. The number of ether oxygens (including phenoxy) is 1. The molecule has 0 bridgehead atoms. The van der Waals surface area contributed by atoms with Crippen molar-refractivity contribution in [3.8, 4) is 5.75 Å². The van der Waals surface area contributed by atoms with Gasteiger partial charge in [-0.25, -0.2) is 0 Å². The van der Waals surface area contributed by atoms with Crippen molar-refractivity contribution in [3.05, 3.63) is 101 Å². The molecule has 1 aliphatic heterocycles. The summed E-state index contributed by atoms with van der Waals surface area (Å²) in [5, 5.41) is 3.11. The van der Waals surface area contributed by atoms with E-state index in [-0.39, 0.29) is 17.5 Å². The third kappa shape index (κ3) is 5.78. The number of aromatic nitrogens is 1. The zero-order valence-corrected chi connectivity index (χ0v) is 21.5. The summed E-state index contributed by atoms with van der Waals surface area (Å²) < 4.78 is 84.4. The number of alkyl halides is 6. The van der Waals surface area contributed by atoms with Crippen LogP contribution < -0.4 is 15.0 Å². The molecule has 3 aromatic rings. The van der Waals surface area contributed by atoms with Gasteiger partial charge in [-0.1, -0.05) is 18.2 Å². The van der Waals surface area contributed by atoms with Crippen LogP contribution >= 0.6 is 0 Å². The first-order chi connectivity index (χ1) is 18.7. The lowest BCUT2D eigenvalue weighted by atomic mass is 9.95. The molecule has 1 atom stereocenters. The Morgan fingerprint density at radius 1 is 0.900 bits per heavy atom. The van der Waals surface area contributed by atoms with Gasteiger partial charge in [0.15, 0.2) is 0 Å². The molecule has 1 N–H and O–H groups in total. The van der Waals surface area contributed by atoms with Gasteiger partial charge in [0.05, 0.1) is 28.9 Å². The highest BCUT2D eigenvalue weighted by atomic mass is 19.4. The Bertz CT molecular complexity index is 1430. The van der Waals surface area contributed by atoms with E-state index in [0.29, 0.717) is 16.9 Å². The molecule has 2 heterocycles. The van der Waals surface area contributed by atoms with Crippen LogP contribution in [0.2, 0.25) is 0 Å². The molecule has 2 aliphatic rings. The van der Waals surface area contributed by atoms with Crippen LogP contribution in [-0.4, -0.2) is 17.0 Å². The molecule has 40 heavy (non-hydrogen) atoms. The summed E-state index contributed by atoms with van der Waals surface area (Å²) in [4.78, 5) is 18.6. The van der Waals surface area contributed by atoms with Crippen molar-refractivity contribution in [3.63, 3.8) is 0 Å². The monoisotopic (exact) mass is 561 g/mol. The van der Waals surface area contributed by atoms with Gasteiger partial charge in [-0.3, -0.25) is 14.7 Å². The second-order valence-corrected chi connectivity index (χ2v) is 10.3. The van der Waals surface area contributed by atoms with Gasteiger partial charge >= 0.3 is 12.4 Å². The lowest BCUT2D eigenvalue weighted by Gasteiger charge is -2.29. The van der Waals surface area contributed by atoms with Crippen LogP contribution in [0, 0.1) is 0 Å². The van der Waals surface area contributed by atoms with E-state index in [1.165, 1.54) is 23.1 Å². The lowest BCUT2D eigenvalue weighted by Crippen LogP contribution is -2.40. The van der Waals surface area contributed by atoms with Gasteiger partial charge in [0, 0.05) is 11.9 Å². The van der Waals surface area contributed by atoms with E-state index in [1.807, 2.05) is 0 Å². The van der Waals surface area contributed by atoms with Gasteiger partial charge < -0.3 is 10.1 Å². The number of nitrogens with one attached hydrogen (secondary N) is 1. The molecule has 210 valence electrons. The van der Waals surface area contributed by atoms with Gasteiger partial charge in [0.1, 0.15) is 11.4 Å². The number of nitrogens with zero attached hydrogens (tertiary/aromatic N) is 2. The summed E-state index contributed by atoms with van der Waals surface area (Å²) in [6, 6.07) is 12.9. The molecule has 11 heteroatoms. The van der Waals surface area contributed by atoms with Crippen LogP contribution in [0.25, 0.3) is 0 Å². The number of amides is 1. The van der Waals surface area contributed by atoms with Crippen LogP contribution in [-0.2, 0) is 22.7 Å². The molecule has 1 aliphatic carbocycles. The fourth-order valence-corrected chi connectivity index (χ4v) is 4.48. The highest BCUT2D eigenvalue weighted by molar-refractivity contribution is 6.09. The van der Waals surface area contributed by atoms with Gasteiger partial charge in [-0.15, -0.1) is 0 Å². The number of hydrogen-bond acceptors (Lipinski definition) is 4. The average molecular weight is 562 g/mol. The SMILES string of the molecule is CC(C)(NC1=CC(c2cccc(OC3CC3)c2)N(c2ccc(C(F)(F)F)cc2)C1=O)c1ccc(C(F)(F)F)nc1. The van der Waals surface area contributed by atoms with Crippen molar-refractivity contribution < 1.29 is 35.9 Å². The molecule has 1 amide bonds. The first-order valence-corrected chi connectivity index (χ1v) is 12.5. The molecule has 2 aromatic carbocycles. The minimum atomic E-state index is -4.59. The maximum atomic E-state index is 13.7. The molecular weight excluding hydrogens is 536 g/mol. The minimum absolute atomic E-state index is 0.136. The Morgan fingerprint density at radius 3 is 2.15 bits per heavy atom. The first kappa shape index (κ1) is 27.5. The number of pyridine rings is 1. The molecule has 0 saturated heterocycles. The molecule has 0 radical (unpaired) electrons. The second-order valence-electron chi connectivity index (χ2n) is 10.3. The number of halogens is 6. The molecule has 1 aromatic heterocycles. The van der Waals surface area contributed by atoms with Gasteiger partial charge in [-0.05, 0) is 86.4 Å². The fourth-order valence-electron chi connectivity index (χ4n) is 4.48. The lowest BCUT2D eigenvalue weighted by molar-refractivity contribution is -0.141. The number of benzene rings is 2. The van der Waals surface area contributed by atoms with Crippen molar-refractivity contribution in [2.75, 3.05) is 4.90 Å². The van der Waals surface area contributed by atoms with Crippen molar-refractivity contribution in [2.45, 2.75) is 56.7 Å². The minimum Gasteiger partial charge on any atom is -0.490 e. The Hall–Kier alpha value is -4.02. The normalized spacial score (nSPS) is 18.1. The standard InChI is InChI=1S/C29H25F6N3O2/c1-27(2,19-8-13-25(36-16-19)29(33,34)35)37-23-15-24(17-4-3-5-22(14-17)40-21-11-12-21)38(26(23)39)20-9-6-18(7-10-20)28(30,31)32/h3-10,13-16,21,24,37H,11-12H2,1-2H3. The molecule has 5 rings (SSSR count). The van der Waals surface area contributed by atoms with Gasteiger partial charge in [-0.2, -0.15) is 26.3 Å². The number of carbonyl (C=O) groups is 1. The molecule has 1 unspecified atom stereocenters. The van der Waals surface area contributed by atoms with Gasteiger partial charge in [0.2, 0.25) is 0 Å². The maximum absolute atomic E-state index is 13.7. The van der Waals surface area contributed by atoms with Crippen molar-refractivity contribution >= 4 is 11.6 Å². The quantitative estimate of drug-likeness (QED) is 0.311. The van der Waals surface area contributed by atoms with Crippen molar-refractivity contribution in [1.29, 1.82) is 0 Å². The summed E-state index contributed by atoms with van der Waals surface area (Å²) in [6.45, 7) is 3.37. The Kier molecular flexibility index (Phi) is 6.79. The summed E-state index contributed by atoms with van der Waals surface area (Å²) in [5.41, 5.74) is -1.43. The predicted molar refractivity (Wildman–Crippen MR) is 135 cm³/mol. The van der Waals surface area contributed by atoms with E-state index in [1.54, 1.807) is 44.2 Å². The Labute approximate surface area is 226 Å². The molecule has 1 fully saturated rings. The zero-order valence-electron chi connectivity index (χ0n) is 21.5. The third-order valence-corrected chi connectivity index (χ3v) is 6.77. The predicted octanol–water partition coefficient (Wildman–Crippen LogP) is 7.16. The van der Waals surface area contributed by atoms with E-state index in [2.05, 4.69) is 10.3 Å². The first-order valence-electron chi connectivity index (χ1n) is 12.5. The summed E-state index contributed by atoms with van der Waals surface area (Å²) >= 11 is 0. The largest absolute Gasteiger partial charge is 0.490 e. The highest BCUT2D eigenvalue weighted by Crippen LogP contribution is 2.39. The number of carbonyl (C=O) groups excluding carboxylic acids is 1. The molecule has 0 spiro atoms. The van der Waals surface area contributed by atoms with Crippen LogP contribution in [0.1, 0.15) is 55.1 Å². The van der Waals surface area contributed by atoms with Crippen molar-refractivity contribution in [2.24, 2.45) is 0 Å². The zero-order chi connectivity index (χ0) is 28.9. The average Bonchev–Trinajstić information content (AvgIpc) is 3.65. The number of anilines is 1. The van der Waals surface area contributed by atoms with E-state index >= 15 is 0 Å². The number of hydrogen-bond donors (Lipinski definition) is 1. The van der Waals surface area contributed by atoms with E-state index in [0.717, 1.165) is 37.2 Å². The van der Waals surface area contributed by atoms with Crippen LogP contribution in [0.15, 0.2) is 78.6 Å². The van der Waals surface area contributed by atoms with Crippen molar-refractivity contribution in [1.82, 2.24) is 10.3 Å². The van der Waals surface area contributed by atoms with Gasteiger partial charge in [0.25, 0.3) is 5.91 Å². The second kappa shape index (κ2) is 9.87. The topological polar surface area (TPSA) is 54.5 Å². The fraction of sp³-hybridized carbons (Fsp3) is 0.310. The molecular formula is C29H25F6N3O2. The highest BCUT2D eigenvalue weighted by Gasteiger charge is 2.39. The van der Waals surface area contributed by atoms with Crippen LogP contribution in [0.4, 0.5) is 32.0 Å². The van der Waals surface area contributed by atoms with Crippen LogP contribution in [0.3, 0.4) is 0 Å². The number of rotatable bonds is 7. The van der Waals surface area contributed by atoms with Crippen LogP contribution in [0.5, 0.6) is 5.75 Å². The van der Waals surface area contributed by atoms with E-state index < -0.39 is 41.1 Å². The smallest absolute Gasteiger partial charge is 0.433 e. The Morgan fingerprint density at radius 2 is 1.57 bits per heavy atom. The summed E-state index contributed by atoms with van der Waals surface area (Å²) in [6.07, 6.45) is -4.34. The third-order valence-electron chi connectivity index (χ3n) is 6.77. The molecule has 5 nitrogen and oxygen atoms in total.